The third kappa shape index (κ3) is 3.07. The molecule has 6 heterocycles. The zero-order valence-corrected chi connectivity index (χ0v) is 15.6. The van der Waals surface area contributed by atoms with Crippen molar-refractivity contribution >= 4 is 34.5 Å². The SMILES string of the molecule is O=C(NC1CN2CCC1CC2)c1cc2oc(N3CCSCC3)cc2cn1. The first-order valence-corrected chi connectivity index (χ1v) is 10.7. The highest BCUT2D eigenvalue weighted by atomic mass is 32.2. The van der Waals surface area contributed by atoms with Crippen molar-refractivity contribution in [2.75, 3.05) is 49.1 Å². The molecule has 26 heavy (non-hydrogen) atoms. The first-order chi connectivity index (χ1) is 12.8. The Morgan fingerprint density at radius 3 is 2.73 bits per heavy atom. The van der Waals surface area contributed by atoms with Gasteiger partial charge in [-0.15, -0.1) is 0 Å². The monoisotopic (exact) mass is 372 g/mol. The molecule has 1 N–H and O–H groups in total. The first-order valence-electron chi connectivity index (χ1n) is 9.52. The summed E-state index contributed by atoms with van der Waals surface area (Å²) in [6.45, 7) is 5.32. The van der Waals surface area contributed by atoms with E-state index in [0.29, 0.717) is 11.6 Å². The molecule has 4 aliphatic heterocycles. The maximum Gasteiger partial charge on any atom is 0.270 e. The number of amides is 1. The Bertz CT molecular complexity index is 809. The third-order valence-electron chi connectivity index (χ3n) is 5.92. The lowest BCUT2D eigenvalue weighted by Crippen LogP contribution is -2.57. The summed E-state index contributed by atoms with van der Waals surface area (Å²) in [4.78, 5) is 21.8. The number of fused-ring (bicyclic) bond motifs is 4. The quantitative estimate of drug-likeness (QED) is 0.891. The van der Waals surface area contributed by atoms with E-state index in [1.54, 1.807) is 12.3 Å². The molecule has 6 nitrogen and oxygen atoms in total. The number of thioether (sulfide) groups is 1. The summed E-state index contributed by atoms with van der Waals surface area (Å²) in [7, 11) is 0. The first kappa shape index (κ1) is 16.4. The number of piperidine rings is 3. The van der Waals surface area contributed by atoms with Gasteiger partial charge < -0.3 is 19.5 Å². The molecule has 0 aromatic carbocycles. The lowest BCUT2D eigenvalue weighted by atomic mass is 9.84. The van der Waals surface area contributed by atoms with Gasteiger partial charge in [-0.2, -0.15) is 11.8 Å². The van der Waals surface area contributed by atoms with Gasteiger partial charge in [0, 0.05) is 60.9 Å². The predicted octanol–water partition coefficient (Wildman–Crippen LogP) is 2.21. The maximum absolute atomic E-state index is 12.7. The summed E-state index contributed by atoms with van der Waals surface area (Å²) in [6.07, 6.45) is 4.13. The number of hydrogen-bond acceptors (Lipinski definition) is 6. The zero-order chi connectivity index (χ0) is 17.5. The predicted molar refractivity (Wildman–Crippen MR) is 104 cm³/mol. The molecule has 0 saturated carbocycles. The number of carbonyl (C=O) groups is 1. The number of carbonyl (C=O) groups excluding carboxylic acids is 1. The number of rotatable bonds is 3. The second-order valence-corrected chi connectivity index (χ2v) is 8.73. The molecule has 7 heteroatoms. The van der Waals surface area contributed by atoms with E-state index in [9.17, 15) is 4.79 Å². The Labute approximate surface area is 157 Å². The van der Waals surface area contributed by atoms with Gasteiger partial charge in [0.25, 0.3) is 5.91 Å². The van der Waals surface area contributed by atoms with Crippen molar-refractivity contribution in [3.05, 3.63) is 24.0 Å². The van der Waals surface area contributed by atoms with E-state index < -0.39 is 0 Å². The third-order valence-corrected chi connectivity index (χ3v) is 6.86. The largest absolute Gasteiger partial charge is 0.440 e. The fourth-order valence-electron chi connectivity index (χ4n) is 4.35. The Balaban J connectivity index is 1.33. The van der Waals surface area contributed by atoms with Crippen LogP contribution < -0.4 is 10.2 Å². The lowest BCUT2D eigenvalue weighted by molar-refractivity contribution is 0.0618. The molecule has 2 aromatic heterocycles. The molecular weight excluding hydrogens is 348 g/mol. The summed E-state index contributed by atoms with van der Waals surface area (Å²) >= 11 is 1.98. The van der Waals surface area contributed by atoms with Crippen LogP contribution in [0.15, 0.2) is 22.7 Å². The fourth-order valence-corrected chi connectivity index (χ4v) is 5.26. The van der Waals surface area contributed by atoms with Crippen LogP contribution in [0, 0.1) is 5.92 Å². The van der Waals surface area contributed by atoms with E-state index in [1.165, 1.54) is 25.9 Å². The van der Waals surface area contributed by atoms with Crippen LogP contribution in [-0.2, 0) is 0 Å². The Morgan fingerprint density at radius 2 is 2.00 bits per heavy atom. The molecule has 0 radical (unpaired) electrons. The molecule has 1 atom stereocenters. The van der Waals surface area contributed by atoms with Crippen LogP contribution in [0.2, 0.25) is 0 Å². The van der Waals surface area contributed by atoms with Crippen LogP contribution in [0.25, 0.3) is 11.0 Å². The second-order valence-electron chi connectivity index (χ2n) is 7.51. The highest BCUT2D eigenvalue weighted by Gasteiger charge is 2.35. The number of hydrogen-bond donors (Lipinski definition) is 1. The molecule has 4 fully saturated rings. The van der Waals surface area contributed by atoms with Crippen molar-refractivity contribution in [1.29, 1.82) is 0 Å². The molecule has 6 rings (SSSR count). The molecule has 138 valence electrons. The van der Waals surface area contributed by atoms with Crippen molar-refractivity contribution in [2.45, 2.75) is 18.9 Å². The normalized spacial score (nSPS) is 28.5. The van der Waals surface area contributed by atoms with Crippen LogP contribution in [0.4, 0.5) is 5.88 Å². The molecule has 0 aliphatic carbocycles. The highest BCUT2D eigenvalue weighted by molar-refractivity contribution is 7.99. The van der Waals surface area contributed by atoms with Crippen LogP contribution >= 0.6 is 11.8 Å². The molecule has 2 bridgehead atoms. The van der Waals surface area contributed by atoms with Crippen molar-refractivity contribution in [1.82, 2.24) is 15.2 Å². The summed E-state index contributed by atoms with van der Waals surface area (Å²) in [5.41, 5.74) is 1.19. The van der Waals surface area contributed by atoms with E-state index in [2.05, 4.69) is 20.1 Å². The van der Waals surface area contributed by atoms with Crippen LogP contribution in [-0.4, -0.2) is 66.1 Å². The Kier molecular flexibility index (Phi) is 4.29. The summed E-state index contributed by atoms with van der Waals surface area (Å²) < 4.78 is 6.03. The van der Waals surface area contributed by atoms with E-state index in [1.807, 2.05) is 17.8 Å². The molecule has 1 unspecified atom stereocenters. The van der Waals surface area contributed by atoms with Gasteiger partial charge in [-0.1, -0.05) is 0 Å². The molecule has 2 aromatic rings. The molecule has 0 spiro atoms. The minimum Gasteiger partial charge on any atom is -0.440 e. The fraction of sp³-hybridized carbons (Fsp3) is 0.579. The number of nitrogens with zero attached hydrogens (tertiary/aromatic N) is 3. The van der Waals surface area contributed by atoms with E-state index in [-0.39, 0.29) is 11.9 Å². The van der Waals surface area contributed by atoms with E-state index >= 15 is 0 Å². The Morgan fingerprint density at radius 1 is 1.19 bits per heavy atom. The minimum atomic E-state index is -0.0852. The standard InChI is InChI=1S/C19H24N4O2S/c24-19(21-16-12-22-3-1-13(16)2-4-22)15-10-17-14(11-20-15)9-18(25-17)23-5-7-26-8-6-23/h9-11,13,16H,1-8,12H2,(H,21,24). The van der Waals surface area contributed by atoms with Gasteiger partial charge in [-0.05, 0) is 31.8 Å². The van der Waals surface area contributed by atoms with Crippen LogP contribution in [0.3, 0.4) is 0 Å². The number of anilines is 1. The van der Waals surface area contributed by atoms with Crippen molar-refractivity contribution < 1.29 is 9.21 Å². The number of pyridine rings is 1. The maximum atomic E-state index is 12.7. The molecular formula is C19H24N4O2S. The van der Waals surface area contributed by atoms with Gasteiger partial charge in [-0.3, -0.25) is 9.78 Å². The van der Waals surface area contributed by atoms with Crippen molar-refractivity contribution in [2.24, 2.45) is 5.92 Å². The number of aromatic nitrogens is 1. The number of furan rings is 1. The molecule has 1 amide bonds. The van der Waals surface area contributed by atoms with E-state index in [4.69, 9.17) is 4.42 Å². The van der Waals surface area contributed by atoms with Gasteiger partial charge >= 0.3 is 0 Å². The molecule has 4 aliphatic rings. The topological polar surface area (TPSA) is 61.6 Å². The smallest absolute Gasteiger partial charge is 0.270 e. The van der Waals surface area contributed by atoms with Gasteiger partial charge in [0.1, 0.15) is 11.3 Å². The van der Waals surface area contributed by atoms with Gasteiger partial charge in [0.2, 0.25) is 0 Å². The molecule has 4 saturated heterocycles. The van der Waals surface area contributed by atoms with Gasteiger partial charge in [0.15, 0.2) is 5.88 Å². The minimum absolute atomic E-state index is 0.0852. The highest BCUT2D eigenvalue weighted by Crippen LogP contribution is 2.29. The average Bonchev–Trinajstić information content (AvgIpc) is 3.13. The lowest BCUT2D eigenvalue weighted by Gasteiger charge is -2.44. The van der Waals surface area contributed by atoms with Crippen LogP contribution in [0.1, 0.15) is 23.3 Å². The Hall–Kier alpha value is -1.73. The van der Waals surface area contributed by atoms with Gasteiger partial charge in [-0.25, -0.2) is 0 Å². The summed E-state index contributed by atoms with van der Waals surface area (Å²) in [5.74, 6) is 3.67. The number of nitrogens with one attached hydrogen (secondary N) is 1. The van der Waals surface area contributed by atoms with E-state index in [0.717, 1.165) is 48.0 Å². The average molecular weight is 372 g/mol. The zero-order valence-electron chi connectivity index (χ0n) is 14.8. The second kappa shape index (κ2) is 6.78. The van der Waals surface area contributed by atoms with Crippen molar-refractivity contribution in [3.63, 3.8) is 0 Å². The van der Waals surface area contributed by atoms with Crippen LogP contribution in [0.5, 0.6) is 0 Å². The summed E-state index contributed by atoms with van der Waals surface area (Å²) in [5, 5.41) is 4.16. The van der Waals surface area contributed by atoms with Gasteiger partial charge in [0.05, 0.1) is 0 Å². The summed E-state index contributed by atoms with van der Waals surface area (Å²) in [6, 6.07) is 4.07. The van der Waals surface area contributed by atoms with Crippen molar-refractivity contribution in [3.8, 4) is 0 Å².